The Kier molecular flexibility index (Phi) is 4.53. The molecule has 0 heterocycles. The molecule has 2 aromatic carbocycles. The molecule has 0 aromatic heterocycles. The van der Waals surface area contributed by atoms with Crippen molar-refractivity contribution in [2.24, 2.45) is 0 Å². The Labute approximate surface area is 122 Å². The minimum Gasteiger partial charge on any atom is -0.326 e. The van der Waals surface area contributed by atoms with E-state index >= 15 is 0 Å². The summed E-state index contributed by atoms with van der Waals surface area (Å²) >= 11 is 5.75. The standard InChI is InChI=1S/C16H14ClNO2/c1-11-2-8-14(9-3-11)18-16(20)10-15(19)12-4-6-13(17)7-5-12/h2-9H,10H2,1H3,(H,18,20). The third-order valence-corrected chi connectivity index (χ3v) is 3.07. The van der Waals surface area contributed by atoms with Crippen LogP contribution in [0, 0.1) is 6.92 Å². The largest absolute Gasteiger partial charge is 0.326 e. The first kappa shape index (κ1) is 14.3. The minimum atomic E-state index is -0.325. The van der Waals surface area contributed by atoms with Crippen molar-refractivity contribution in [3.8, 4) is 0 Å². The van der Waals surface area contributed by atoms with Crippen LogP contribution in [0.5, 0.6) is 0 Å². The topological polar surface area (TPSA) is 46.2 Å². The molecule has 0 spiro atoms. The fraction of sp³-hybridized carbons (Fsp3) is 0.125. The highest BCUT2D eigenvalue weighted by molar-refractivity contribution is 6.30. The molecule has 0 fully saturated rings. The molecular weight excluding hydrogens is 274 g/mol. The first-order valence-corrected chi connectivity index (χ1v) is 6.58. The van der Waals surface area contributed by atoms with Crippen molar-refractivity contribution in [2.75, 3.05) is 5.32 Å². The summed E-state index contributed by atoms with van der Waals surface area (Å²) in [4.78, 5) is 23.7. The second-order valence-corrected chi connectivity index (χ2v) is 4.96. The first-order valence-electron chi connectivity index (χ1n) is 6.20. The Morgan fingerprint density at radius 2 is 1.60 bits per heavy atom. The summed E-state index contributed by atoms with van der Waals surface area (Å²) in [5, 5.41) is 3.26. The third-order valence-electron chi connectivity index (χ3n) is 2.82. The number of nitrogens with one attached hydrogen (secondary N) is 1. The molecule has 0 saturated heterocycles. The zero-order chi connectivity index (χ0) is 14.5. The quantitative estimate of drug-likeness (QED) is 0.685. The van der Waals surface area contributed by atoms with Gasteiger partial charge in [-0.3, -0.25) is 9.59 Å². The molecule has 1 amide bonds. The zero-order valence-corrected chi connectivity index (χ0v) is 11.8. The van der Waals surface area contributed by atoms with E-state index in [1.165, 1.54) is 0 Å². The number of anilines is 1. The van der Waals surface area contributed by atoms with Crippen LogP contribution in [-0.2, 0) is 4.79 Å². The fourth-order valence-electron chi connectivity index (χ4n) is 1.73. The zero-order valence-electron chi connectivity index (χ0n) is 11.0. The molecule has 0 unspecified atom stereocenters. The molecule has 4 heteroatoms. The number of amides is 1. The Balaban J connectivity index is 1.95. The van der Waals surface area contributed by atoms with Crippen LogP contribution in [0.1, 0.15) is 22.3 Å². The van der Waals surface area contributed by atoms with Crippen molar-refractivity contribution < 1.29 is 9.59 Å². The van der Waals surface area contributed by atoms with Crippen LogP contribution in [-0.4, -0.2) is 11.7 Å². The maximum absolute atomic E-state index is 11.9. The van der Waals surface area contributed by atoms with Crippen LogP contribution in [0.3, 0.4) is 0 Å². The molecule has 0 atom stereocenters. The molecule has 0 bridgehead atoms. The van der Waals surface area contributed by atoms with E-state index in [9.17, 15) is 9.59 Å². The van der Waals surface area contributed by atoms with Gasteiger partial charge in [0.25, 0.3) is 0 Å². The van der Waals surface area contributed by atoms with Crippen molar-refractivity contribution in [1.29, 1.82) is 0 Å². The Morgan fingerprint density at radius 3 is 2.20 bits per heavy atom. The molecular formula is C16H14ClNO2. The molecule has 2 rings (SSSR count). The second-order valence-electron chi connectivity index (χ2n) is 4.52. The molecule has 0 aliphatic heterocycles. The number of ketones is 1. The molecule has 3 nitrogen and oxygen atoms in total. The van der Waals surface area contributed by atoms with E-state index < -0.39 is 0 Å². The van der Waals surface area contributed by atoms with Gasteiger partial charge in [0.2, 0.25) is 5.91 Å². The smallest absolute Gasteiger partial charge is 0.232 e. The Hall–Kier alpha value is -2.13. The van der Waals surface area contributed by atoms with E-state index in [4.69, 9.17) is 11.6 Å². The number of benzene rings is 2. The van der Waals surface area contributed by atoms with Gasteiger partial charge < -0.3 is 5.32 Å². The molecule has 0 radical (unpaired) electrons. The molecule has 0 aliphatic carbocycles. The van der Waals surface area contributed by atoms with Gasteiger partial charge in [0.1, 0.15) is 0 Å². The van der Waals surface area contributed by atoms with Gasteiger partial charge in [0.05, 0.1) is 6.42 Å². The molecule has 0 aliphatic rings. The summed E-state index contributed by atoms with van der Waals surface area (Å²) in [6, 6.07) is 13.9. The van der Waals surface area contributed by atoms with Crippen LogP contribution in [0.2, 0.25) is 5.02 Å². The van der Waals surface area contributed by atoms with E-state index in [0.29, 0.717) is 16.3 Å². The Morgan fingerprint density at radius 1 is 1.00 bits per heavy atom. The lowest BCUT2D eigenvalue weighted by Gasteiger charge is -2.05. The van der Waals surface area contributed by atoms with Gasteiger partial charge in [-0.2, -0.15) is 0 Å². The Bertz CT molecular complexity index is 618. The van der Waals surface area contributed by atoms with Crippen molar-refractivity contribution in [3.05, 3.63) is 64.7 Å². The van der Waals surface area contributed by atoms with Gasteiger partial charge in [-0.1, -0.05) is 29.3 Å². The second kappa shape index (κ2) is 6.35. The number of hydrogen-bond donors (Lipinski definition) is 1. The van der Waals surface area contributed by atoms with Gasteiger partial charge in [-0.15, -0.1) is 0 Å². The lowest BCUT2D eigenvalue weighted by molar-refractivity contribution is -0.115. The van der Waals surface area contributed by atoms with Crippen LogP contribution >= 0.6 is 11.6 Å². The molecule has 2 aromatic rings. The molecule has 102 valence electrons. The number of hydrogen-bond acceptors (Lipinski definition) is 2. The number of Topliss-reactive ketones (excluding diaryl/α,β-unsaturated/α-hetero) is 1. The fourth-order valence-corrected chi connectivity index (χ4v) is 1.85. The van der Waals surface area contributed by atoms with Gasteiger partial charge >= 0.3 is 0 Å². The lowest BCUT2D eigenvalue weighted by atomic mass is 10.1. The van der Waals surface area contributed by atoms with Gasteiger partial charge in [-0.05, 0) is 43.3 Å². The van der Waals surface area contributed by atoms with Gasteiger partial charge in [0, 0.05) is 16.3 Å². The maximum Gasteiger partial charge on any atom is 0.232 e. The van der Waals surface area contributed by atoms with E-state index in [1.807, 2.05) is 19.1 Å². The number of halogens is 1. The third kappa shape index (κ3) is 3.93. The predicted octanol–water partition coefficient (Wildman–Crippen LogP) is 3.86. The average Bonchev–Trinajstić information content (AvgIpc) is 2.42. The van der Waals surface area contributed by atoms with Crippen molar-refractivity contribution in [2.45, 2.75) is 13.3 Å². The van der Waals surface area contributed by atoms with Crippen molar-refractivity contribution in [3.63, 3.8) is 0 Å². The SMILES string of the molecule is Cc1ccc(NC(=O)CC(=O)c2ccc(Cl)cc2)cc1. The van der Waals surface area contributed by atoms with Crippen LogP contribution < -0.4 is 5.32 Å². The normalized spacial score (nSPS) is 10.1. The predicted molar refractivity (Wildman–Crippen MR) is 80.2 cm³/mol. The summed E-state index contributed by atoms with van der Waals surface area (Å²) in [6.07, 6.45) is -0.185. The molecule has 1 N–H and O–H groups in total. The number of rotatable bonds is 4. The van der Waals surface area contributed by atoms with E-state index in [-0.39, 0.29) is 18.1 Å². The summed E-state index contributed by atoms with van der Waals surface area (Å²) < 4.78 is 0. The summed E-state index contributed by atoms with van der Waals surface area (Å²) in [5.74, 6) is -0.555. The summed E-state index contributed by atoms with van der Waals surface area (Å²) in [7, 11) is 0. The van der Waals surface area contributed by atoms with E-state index in [0.717, 1.165) is 5.56 Å². The number of carbonyl (C=O) groups excluding carboxylic acids is 2. The van der Waals surface area contributed by atoms with E-state index in [2.05, 4.69) is 5.32 Å². The number of aryl methyl sites for hydroxylation is 1. The maximum atomic E-state index is 11.9. The highest BCUT2D eigenvalue weighted by atomic mass is 35.5. The summed E-state index contributed by atoms with van der Waals surface area (Å²) in [6.45, 7) is 1.97. The number of carbonyl (C=O) groups is 2. The monoisotopic (exact) mass is 287 g/mol. The highest BCUT2D eigenvalue weighted by Crippen LogP contribution is 2.12. The average molecular weight is 288 g/mol. The van der Waals surface area contributed by atoms with Crippen LogP contribution in [0.15, 0.2) is 48.5 Å². The molecule has 0 saturated carbocycles. The lowest BCUT2D eigenvalue weighted by Crippen LogP contribution is -2.16. The van der Waals surface area contributed by atoms with Gasteiger partial charge in [0.15, 0.2) is 5.78 Å². The van der Waals surface area contributed by atoms with Crippen LogP contribution in [0.4, 0.5) is 5.69 Å². The van der Waals surface area contributed by atoms with E-state index in [1.54, 1.807) is 36.4 Å². The summed E-state index contributed by atoms with van der Waals surface area (Å²) in [5.41, 5.74) is 2.28. The molecule has 20 heavy (non-hydrogen) atoms. The van der Waals surface area contributed by atoms with Crippen molar-refractivity contribution in [1.82, 2.24) is 0 Å². The minimum absolute atomic E-state index is 0.185. The van der Waals surface area contributed by atoms with Gasteiger partial charge in [-0.25, -0.2) is 0 Å². The van der Waals surface area contributed by atoms with Crippen molar-refractivity contribution >= 4 is 29.0 Å². The highest BCUT2D eigenvalue weighted by Gasteiger charge is 2.11. The van der Waals surface area contributed by atoms with Crippen LogP contribution in [0.25, 0.3) is 0 Å². The first-order chi connectivity index (χ1) is 9.54.